The average molecular weight is 382 g/mol. The third-order valence-corrected chi connectivity index (χ3v) is 3.44. The zero-order valence-electron chi connectivity index (χ0n) is 12.1. The van der Waals surface area contributed by atoms with Gasteiger partial charge in [0, 0.05) is 26.2 Å². The number of hydrogen-bond acceptors (Lipinski definition) is 4. The summed E-state index contributed by atoms with van der Waals surface area (Å²) in [7, 11) is 0. The van der Waals surface area contributed by atoms with Crippen molar-refractivity contribution in [2.75, 3.05) is 26.2 Å². The highest BCUT2D eigenvalue weighted by Gasteiger charge is 2.31. The molecule has 0 unspecified atom stereocenters. The summed E-state index contributed by atoms with van der Waals surface area (Å²) in [5.74, 6) is 0. The second-order valence-corrected chi connectivity index (χ2v) is 7.01. The molecule has 1 aromatic rings. The smallest absolute Gasteiger partial charge is 0.413 e. The number of benzene rings is 1. The second-order valence-electron chi connectivity index (χ2n) is 4.83. The highest BCUT2D eigenvalue weighted by atomic mass is 35.6. The normalized spacial score (nSPS) is 15.3. The molecule has 1 aliphatic heterocycles. The van der Waals surface area contributed by atoms with Crippen molar-refractivity contribution in [3.05, 3.63) is 35.9 Å². The summed E-state index contributed by atoms with van der Waals surface area (Å²) in [6, 6.07) is 9.38. The highest BCUT2D eigenvalue weighted by molar-refractivity contribution is 6.66. The van der Waals surface area contributed by atoms with Crippen LogP contribution in [0.15, 0.2) is 30.3 Å². The molecule has 0 aliphatic carbocycles. The van der Waals surface area contributed by atoms with E-state index < -0.39 is 16.2 Å². The van der Waals surface area contributed by atoms with E-state index in [-0.39, 0.29) is 19.7 Å². The van der Waals surface area contributed by atoms with E-state index in [0.717, 1.165) is 5.56 Å². The minimum atomic E-state index is -2.09. The Balaban J connectivity index is 1.75. The monoisotopic (exact) mass is 380 g/mol. The zero-order valence-corrected chi connectivity index (χ0v) is 14.4. The lowest BCUT2D eigenvalue weighted by Crippen LogP contribution is -2.51. The maximum atomic E-state index is 12.0. The number of carbonyl (C=O) groups is 2. The second kappa shape index (κ2) is 7.95. The fourth-order valence-electron chi connectivity index (χ4n) is 2.05. The maximum Gasteiger partial charge on any atom is 0.413 e. The van der Waals surface area contributed by atoms with Crippen LogP contribution in [-0.2, 0) is 16.1 Å². The van der Waals surface area contributed by atoms with Crippen molar-refractivity contribution in [3.63, 3.8) is 0 Å². The Hall–Kier alpha value is -1.37. The lowest BCUT2D eigenvalue weighted by molar-refractivity contribution is 0.0571. The van der Waals surface area contributed by atoms with Crippen LogP contribution in [0.2, 0.25) is 0 Å². The van der Waals surface area contributed by atoms with Crippen LogP contribution >= 0.6 is 34.8 Å². The van der Waals surface area contributed by atoms with E-state index in [4.69, 9.17) is 39.5 Å². The summed E-state index contributed by atoms with van der Waals surface area (Å²) in [4.78, 5) is 26.6. The van der Waals surface area contributed by atoms with Crippen molar-refractivity contribution in [1.29, 1.82) is 0 Å². The molecule has 126 valence electrons. The lowest BCUT2D eigenvalue weighted by atomic mass is 10.2. The number of nitrogens with zero attached hydrogens (tertiary/aromatic N) is 2. The van der Waals surface area contributed by atoms with E-state index in [1.165, 1.54) is 9.80 Å². The van der Waals surface area contributed by atoms with E-state index in [2.05, 4.69) is 4.74 Å². The van der Waals surface area contributed by atoms with E-state index in [1.54, 1.807) is 0 Å². The predicted molar refractivity (Wildman–Crippen MR) is 86.5 cm³/mol. The quantitative estimate of drug-likeness (QED) is 0.737. The van der Waals surface area contributed by atoms with Gasteiger partial charge in [-0.3, -0.25) is 0 Å². The molecule has 23 heavy (non-hydrogen) atoms. The number of hydrogen-bond donors (Lipinski definition) is 0. The van der Waals surface area contributed by atoms with Gasteiger partial charge in [-0.05, 0) is 40.4 Å². The summed E-state index contributed by atoms with van der Waals surface area (Å²) in [6.07, 6.45) is -1.16. The minimum absolute atomic E-state index is 0.204. The van der Waals surface area contributed by atoms with Crippen molar-refractivity contribution in [2.45, 2.75) is 10.6 Å². The van der Waals surface area contributed by atoms with E-state index >= 15 is 0 Å². The molecule has 1 aliphatic rings. The number of ether oxygens (including phenoxy) is 2. The van der Waals surface area contributed by atoms with Gasteiger partial charge in [0.25, 0.3) is 0 Å². The molecular formula is C14H15Cl3N2O4. The van der Waals surface area contributed by atoms with Gasteiger partial charge in [0.05, 0.1) is 0 Å². The van der Waals surface area contributed by atoms with Gasteiger partial charge in [0.1, 0.15) is 6.61 Å². The van der Waals surface area contributed by atoms with Crippen molar-refractivity contribution in [2.24, 2.45) is 0 Å². The molecule has 1 fully saturated rings. The lowest BCUT2D eigenvalue weighted by Gasteiger charge is -2.33. The number of rotatable bonds is 2. The summed E-state index contributed by atoms with van der Waals surface area (Å²) in [6.45, 7) is 1.40. The SMILES string of the molecule is O=C(OCc1ccccc1)N1CCN(C(=O)OC(Cl)(Cl)Cl)CC1. The first-order valence-electron chi connectivity index (χ1n) is 6.85. The number of halogens is 3. The van der Waals surface area contributed by atoms with Crippen LogP contribution in [0.5, 0.6) is 0 Å². The molecule has 0 N–H and O–H groups in total. The Morgan fingerprint density at radius 2 is 1.48 bits per heavy atom. The third kappa shape index (κ3) is 5.97. The van der Waals surface area contributed by atoms with Crippen molar-refractivity contribution in [1.82, 2.24) is 9.80 Å². The minimum Gasteiger partial charge on any atom is -0.445 e. The van der Waals surface area contributed by atoms with Crippen LogP contribution in [-0.4, -0.2) is 52.1 Å². The molecular weight excluding hydrogens is 367 g/mol. The maximum absolute atomic E-state index is 12.0. The summed E-state index contributed by atoms with van der Waals surface area (Å²) in [5.41, 5.74) is 0.908. The van der Waals surface area contributed by atoms with Gasteiger partial charge in [-0.25, -0.2) is 9.59 Å². The molecule has 1 heterocycles. The molecule has 1 aromatic carbocycles. The fraction of sp³-hybridized carbons (Fsp3) is 0.429. The van der Waals surface area contributed by atoms with Crippen LogP contribution < -0.4 is 0 Å². The highest BCUT2D eigenvalue weighted by Crippen LogP contribution is 2.28. The van der Waals surface area contributed by atoms with Crippen molar-refractivity contribution in [3.8, 4) is 0 Å². The molecule has 2 amide bonds. The van der Waals surface area contributed by atoms with Gasteiger partial charge in [-0.15, -0.1) is 0 Å². The predicted octanol–water partition coefficient (Wildman–Crippen LogP) is 3.41. The molecule has 0 atom stereocenters. The molecule has 0 radical (unpaired) electrons. The largest absolute Gasteiger partial charge is 0.445 e. The van der Waals surface area contributed by atoms with E-state index in [9.17, 15) is 9.59 Å². The van der Waals surface area contributed by atoms with Gasteiger partial charge in [0.2, 0.25) is 0 Å². The molecule has 0 saturated carbocycles. The number of carbonyl (C=O) groups excluding carboxylic acids is 2. The summed E-state index contributed by atoms with van der Waals surface area (Å²) in [5, 5.41) is 0. The number of alkyl halides is 3. The Bertz CT molecular complexity index is 543. The molecule has 0 spiro atoms. The molecule has 0 bridgehead atoms. The Morgan fingerprint density at radius 3 is 2.00 bits per heavy atom. The average Bonchev–Trinajstić information content (AvgIpc) is 2.52. The molecule has 1 saturated heterocycles. The topological polar surface area (TPSA) is 59.1 Å². The molecule has 2 rings (SSSR count). The number of amides is 2. The van der Waals surface area contributed by atoms with Gasteiger partial charge < -0.3 is 19.3 Å². The number of piperazine rings is 1. The van der Waals surface area contributed by atoms with Crippen LogP contribution in [0.3, 0.4) is 0 Å². The van der Waals surface area contributed by atoms with Crippen LogP contribution in [0.25, 0.3) is 0 Å². The summed E-state index contributed by atoms with van der Waals surface area (Å²) < 4.78 is 7.77. The van der Waals surface area contributed by atoms with Crippen LogP contribution in [0.4, 0.5) is 9.59 Å². The Labute approximate surface area is 148 Å². The fourth-order valence-corrected chi connectivity index (χ4v) is 2.24. The first-order chi connectivity index (χ1) is 10.8. The third-order valence-electron chi connectivity index (χ3n) is 3.20. The summed E-state index contributed by atoms with van der Waals surface area (Å²) >= 11 is 16.2. The van der Waals surface area contributed by atoms with Crippen molar-refractivity contribution < 1.29 is 19.1 Å². The van der Waals surface area contributed by atoms with Crippen molar-refractivity contribution >= 4 is 47.0 Å². The zero-order chi connectivity index (χ0) is 16.9. The van der Waals surface area contributed by atoms with Crippen LogP contribution in [0, 0.1) is 0 Å². The first-order valence-corrected chi connectivity index (χ1v) is 7.99. The first kappa shape index (κ1) is 18.0. The van der Waals surface area contributed by atoms with Gasteiger partial charge in [-0.1, -0.05) is 30.3 Å². The van der Waals surface area contributed by atoms with Crippen LogP contribution in [0.1, 0.15) is 5.56 Å². The van der Waals surface area contributed by atoms with E-state index in [0.29, 0.717) is 13.1 Å². The van der Waals surface area contributed by atoms with Gasteiger partial charge in [-0.2, -0.15) is 0 Å². The molecule has 9 heteroatoms. The molecule has 0 aromatic heterocycles. The van der Waals surface area contributed by atoms with E-state index in [1.807, 2.05) is 30.3 Å². The Kier molecular flexibility index (Phi) is 6.21. The van der Waals surface area contributed by atoms with Gasteiger partial charge in [0.15, 0.2) is 0 Å². The molecule has 6 nitrogen and oxygen atoms in total. The Morgan fingerprint density at radius 1 is 0.957 bits per heavy atom. The van der Waals surface area contributed by atoms with Gasteiger partial charge >= 0.3 is 16.2 Å². The standard InChI is InChI=1S/C14H15Cl3N2O4/c15-14(16,17)23-13(21)19-8-6-18(7-9-19)12(20)22-10-11-4-2-1-3-5-11/h1-5H,6-10H2.